The Balaban J connectivity index is 1.52. The van der Waals surface area contributed by atoms with Crippen LogP contribution in [-0.2, 0) is 9.59 Å². The fourth-order valence-electron chi connectivity index (χ4n) is 2.95. The van der Waals surface area contributed by atoms with Crippen molar-refractivity contribution >= 4 is 23.2 Å². The minimum absolute atomic E-state index is 0.279. The van der Waals surface area contributed by atoms with Gasteiger partial charge < -0.3 is 19.9 Å². The van der Waals surface area contributed by atoms with Crippen molar-refractivity contribution in [3.63, 3.8) is 0 Å². The molecule has 0 saturated carbocycles. The van der Waals surface area contributed by atoms with Crippen LogP contribution < -0.4 is 15.0 Å². The Labute approximate surface area is 157 Å². The van der Waals surface area contributed by atoms with Crippen molar-refractivity contribution < 1.29 is 18.7 Å². The molecule has 7 heteroatoms. The van der Waals surface area contributed by atoms with Crippen LogP contribution >= 0.6 is 0 Å². The molecule has 1 aliphatic heterocycles. The van der Waals surface area contributed by atoms with Crippen LogP contribution in [0.5, 0.6) is 5.75 Å². The predicted octanol–water partition coefficient (Wildman–Crippen LogP) is 2.51. The highest BCUT2D eigenvalue weighted by Gasteiger charge is 2.26. The fraction of sp³-hybridized carbons (Fsp3) is 0.300. The molecule has 2 aromatic rings. The number of carbonyl (C=O) groups excluding carboxylic acids is 2. The number of anilines is 2. The lowest BCUT2D eigenvalue weighted by atomic mass is 10.2. The number of halogens is 1. The van der Waals surface area contributed by atoms with Gasteiger partial charge in [-0.3, -0.25) is 9.59 Å². The third-order valence-electron chi connectivity index (χ3n) is 4.38. The summed E-state index contributed by atoms with van der Waals surface area (Å²) in [5.74, 6) is -0.783. The van der Waals surface area contributed by atoms with Gasteiger partial charge in [-0.25, -0.2) is 4.39 Å². The van der Waals surface area contributed by atoms with E-state index in [0.29, 0.717) is 44.2 Å². The lowest BCUT2D eigenvalue weighted by Crippen LogP contribution is -2.51. The van der Waals surface area contributed by atoms with Gasteiger partial charge in [-0.1, -0.05) is 0 Å². The summed E-state index contributed by atoms with van der Waals surface area (Å²) in [7, 11) is 0. The zero-order valence-corrected chi connectivity index (χ0v) is 15.2. The molecule has 6 nitrogen and oxygen atoms in total. The number of nitrogens with one attached hydrogen (secondary N) is 1. The van der Waals surface area contributed by atoms with Crippen molar-refractivity contribution in [1.29, 1.82) is 0 Å². The monoisotopic (exact) mass is 371 g/mol. The Morgan fingerprint density at radius 2 is 1.63 bits per heavy atom. The molecule has 1 heterocycles. The van der Waals surface area contributed by atoms with Crippen LogP contribution in [0.4, 0.5) is 15.8 Å². The molecule has 0 bridgehead atoms. The molecule has 0 radical (unpaired) electrons. The highest BCUT2D eigenvalue weighted by molar-refractivity contribution is 6.39. The summed E-state index contributed by atoms with van der Waals surface area (Å²) in [4.78, 5) is 28.2. The fourth-order valence-corrected chi connectivity index (χ4v) is 2.95. The average molecular weight is 371 g/mol. The smallest absolute Gasteiger partial charge is 0.313 e. The van der Waals surface area contributed by atoms with Gasteiger partial charge >= 0.3 is 11.8 Å². The number of ether oxygens (including phenoxy) is 1. The van der Waals surface area contributed by atoms with Gasteiger partial charge in [0, 0.05) is 37.6 Å². The largest absolute Gasteiger partial charge is 0.494 e. The predicted molar refractivity (Wildman–Crippen MR) is 101 cm³/mol. The number of rotatable bonds is 4. The van der Waals surface area contributed by atoms with Crippen LogP contribution in [0.1, 0.15) is 6.92 Å². The first kappa shape index (κ1) is 18.7. The van der Waals surface area contributed by atoms with Crippen LogP contribution in [0.3, 0.4) is 0 Å². The van der Waals surface area contributed by atoms with E-state index in [4.69, 9.17) is 4.74 Å². The summed E-state index contributed by atoms with van der Waals surface area (Å²) >= 11 is 0. The van der Waals surface area contributed by atoms with Crippen molar-refractivity contribution in [1.82, 2.24) is 4.90 Å². The molecule has 3 rings (SSSR count). The molecule has 1 fully saturated rings. The molecule has 2 amide bonds. The number of amides is 2. The summed E-state index contributed by atoms with van der Waals surface area (Å²) < 4.78 is 18.4. The molecule has 1 aliphatic rings. The van der Waals surface area contributed by atoms with E-state index in [0.717, 1.165) is 5.69 Å². The quantitative estimate of drug-likeness (QED) is 0.839. The van der Waals surface area contributed by atoms with E-state index >= 15 is 0 Å². The number of piperazine rings is 1. The molecule has 0 aliphatic carbocycles. The normalized spacial score (nSPS) is 14.0. The number of benzene rings is 2. The van der Waals surface area contributed by atoms with Gasteiger partial charge in [0.1, 0.15) is 11.6 Å². The van der Waals surface area contributed by atoms with Gasteiger partial charge in [-0.05, 0) is 55.5 Å². The molecule has 0 spiro atoms. The van der Waals surface area contributed by atoms with Gasteiger partial charge in [0.25, 0.3) is 0 Å². The van der Waals surface area contributed by atoms with Gasteiger partial charge in [0.15, 0.2) is 0 Å². The van der Waals surface area contributed by atoms with Gasteiger partial charge in [-0.15, -0.1) is 0 Å². The van der Waals surface area contributed by atoms with E-state index in [1.807, 2.05) is 6.92 Å². The molecule has 142 valence electrons. The Morgan fingerprint density at radius 3 is 2.22 bits per heavy atom. The molecule has 27 heavy (non-hydrogen) atoms. The highest BCUT2D eigenvalue weighted by Crippen LogP contribution is 2.18. The van der Waals surface area contributed by atoms with Crippen LogP contribution in [-0.4, -0.2) is 49.5 Å². The first-order valence-electron chi connectivity index (χ1n) is 8.90. The second-order valence-corrected chi connectivity index (χ2v) is 6.17. The van der Waals surface area contributed by atoms with E-state index < -0.39 is 11.8 Å². The maximum Gasteiger partial charge on any atom is 0.313 e. The van der Waals surface area contributed by atoms with E-state index in [9.17, 15) is 14.0 Å². The van der Waals surface area contributed by atoms with Crippen LogP contribution in [0.15, 0.2) is 48.5 Å². The summed E-state index contributed by atoms with van der Waals surface area (Å²) in [5, 5.41) is 2.62. The van der Waals surface area contributed by atoms with Crippen LogP contribution in [0.25, 0.3) is 0 Å². The number of hydrogen-bond donors (Lipinski definition) is 1. The summed E-state index contributed by atoms with van der Waals surface area (Å²) in [6, 6.07) is 13.1. The topological polar surface area (TPSA) is 61.9 Å². The highest BCUT2D eigenvalue weighted by atomic mass is 19.1. The minimum atomic E-state index is -0.658. The van der Waals surface area contributed by atoms with Crippen molar-refractivity contribution in [2.75, 3.05) is 43.0 Å². The van der Waals surface area contributed by atoms with Gasteiger partial charge in [0.2, 0.25) is 0 Å². The molecular weight excluding hydrogens is 349 g/mol. The molecule has 1 saturated heterocycles. The third-order valence-corrected chi connectivity index (χ3v) is 4.38. The Hall–Kier alpha value is -3.09. The van der Waals surface area contributed by atoms with Crippen molar-refractivity contribution in [2.45, 2.75) is 6.92 Å². The van der Waals surface area contributed by atoms with Crippen LogP contribution in [0, 0.1) is 5.82 Å². The van der Waals surface area contributed by atoms with E-state index in [1.54, 1.807) is 36.4 Å². The lowest BCUT2D eigenvalue weighted by Gasteiger charge is -2.35. The second kappa shape index (κ2) is 8.53. The summed E-state index contributed by atoms with van der Waals surface area (Å²) in [6.07, 6.45) is 0. The average Bonchev–Trinajstić information content (AvgIpc) is 2.70. The number of carbonyl (C=O) groups is 2. The first-order chi connectivity index (χ1) is 13.1. The van der Waals surface area contributed by atoms with Gasteiger partial charge in [0.05, 0.1) is 6.61 Å². The van der Waals surface area contributed by atoms with E-state index in [2.05, 4.69) is 10.2 Å². The zero-order chi connectivity index (χ0) is 19.2. The van der Waals surface area contributed by atoms with Crippen LogP contribution in [0.2, 0.25) is 0 Å². The van der Waals surface area contributed by atoms with E-state index in [1.165, 1.54) is 17.0 Å². The molecule has 0 aromatic heterocycles. The number of hydrogen-bond acceptors (Lipinski definition) is 4. The molecule has 1 N–H and O–H groups in total. The van der Waals surface area contributed by atoms with Crippen molar-refractivity contribution in [2.24, 2.45) is 0 Å². The maximum atomic E-state index is 13.0. The van der Waals surface area contributed by atoms with Crippen molar-refractivity contribution in [3.05, 3.63) is 54.3 Å². The van der Waals surface area contributed by atoms with Gasteiger partial charge in [-0.2, -0.15) is 0 Å². The Morgan fingerprint density at radius 1 is 1.00 bits per heavy atom. The molecule has 0 atom stereocenters. The third kappa shape index (κ3) is 4.75. The second-order valence-electron chi connectivity index (χ2n) is 6.17. The molecular formula is C20H22FN3O3. The summed E-state index contributed by atoms with van der Waals surface area (Å²) in [6.45, 7) is 4.51. The maximum absolute atomic E-state index is 13.0. The van der Waals surface area contributed by atoms with E-state index in [-0.39, 0.29) is 5.82 Å². The Bertz CT molecular complexity index is 785. The number of nitrogens with zero attached hydrogens (tertiary/aromatic N) is 2. The minimum Gasteiger partial charge on any atom is -0.494 e. The SMILES string of the molecule is CCOc1ccc(NC(=O)C(=O)N2CCN(c3ccc(F)cc3)CC2)cc1. The Kier molecular flexibility index (Phi) is 5.90. The standard InChI is InChI=1S/C20H22FN3O3/c1-2-27-18-9-5-16(6-10-18)22-19(25)20(26)24-13-11-23(12-14-24)17-7-3-15(21)4-8-17/h3-10H,2,11-14H2,1H3,(H,22,25). The summed E-state index contributed by atoms with van der Waals surface area (Å²) in [5.41, 5.74) is 1.45. The first-order valence-corrected chi connectivity index (χ1v) is 8.90. The molecule has 0 unspecified atom stereocenters. The molecule has 2 aromatic carbocycles. The zero-order valence-electron chi connectivity index (χ0n) is 15.2. The lowest BCUT2D eigenvalue weighted by molar-refractivity contribution is -0.143. The van der Waals surface area contributed by atoms with Crippen molar-refractivity contribution in [3.8, 4) is 5.75 Å².